The molecule has 2 fully saturated rings. The fourth-order valence-electron chi connectivity index (χ4n) is 5.94. The summed E-state index contributed by atoms with van der Waals surface area (Å²) in [5.74, 6) is 0.269. The van der Waals surface area contributed by atoms with E-state index in [4.69, 9.17) is 15.6 Å². The van der Waals surface area contributed by atoms with Crippen LogP contribution in [-0.2, 0) is 11.3 Å². The number of ether oxygens (including phenoxy) is 1. The molecule has 2 aromatic carbocycles. The van der Waals surface area contributed by atoms with Crippen LogP contribution in [0.2, 0.25) is 0 Å². The Labute approximate surface area is 261 Å². The van der Waals surface area contributed by atoms with Gasteiger partial charge >= 0.3 is 0 Å². The number of likely N-dealkylation sites (N-methyl/N-ethyl adjacent to an activating group) is 1. The summed E-state index contributed by atoms with van der Waals surface area (Å²) in [6.07, 6.45) is 3.86. The number of nitrogens with zero attached hydrogens (tertiary/aromatic N) is 8. The predicted molar refractivity (Wildman–Crippen MR) is 169 cm³/mol. The molecule has 0 bridgehead atoms. The highest BCUT2D eigenvalue weighted by Gasteiger charge is 2.37. The number of halogens is 1. The third kappa shape index (κ3) is 6.09. The Morgan fingerprint density at radius 2 is 1.87 bits per heavy atom. The smallest absolute Gasteiger partial charge is 0.264 e. The molecule has 2 aliphatic heterocycles. The van der Waals surface area contributed by atoms with Crippen LogP contribution in [0.5, 0.6) is 11.5 Å². The number of nitriles is 1. The molecule has 11 nitrogen and oxygen atoms in total. The summed E-state index contributed by atoms with van der Waals surface area (Å²) in [5, 5.41) is 15.1. The Morgan fingerprint density at radius 1 is 1.11 bits per heavy atom. The minimum atomic E-state index is -0.537. The van der Waals surface area contributed by atoms with Crippen molar-refractivity contribution in [2.24, 2.45) is 0 Å². The number of rotatable bonds is 8. The number of nitrogen functional groups attached to an aromatic ring is 1. The number of hydrogen-bond acceptors (Lipinski definition) is 9. The highest BCUT2D eigenvalue weighted by molar-refractivity contribution is 5.99. The molecule has 0 saturated carbocycles. The maximum absolute atomic E-state index is 15.5. The van der Waals surface area contributed by atoms with Gasteiger partial charge in [-0.3, -0.25) is 9.69 Å². The molecule has 2 aliphatic rings. The summed E-state index contributed by atoms with van der Waals surface area (Å²) in [5.41, 5.74) is 6.90. The fraction of sp³-hybridized carbons (Fsp3) is 0.364. The highest BCUT2D eigenvalue weighted by Crippen LogP contribution is 2.35. The number of aromatic nitrogens is 4. The summed E-state index contributed by atoms with van der Waals surface area (Å²) in [6.45, 7) is 8.50. The summed E-state index contributed by atoms with van der Waals surface area (Å²) in [4.78, 5) is 28.4. The van der Waals surface area contributed by atoms with E-state index in [2.05, 4.69) is 32.9 Å². The van der Waals surface area contributed by atoms with Gasteiger partial charge < -0.3 is 20.3 Å². The Hall–Kier alpha value is -4.86. The molecular weight excluding hydrogens is 573 g/mol. The molecule has 232 valence electrons. The van der Waals surface area contributed by atoms with E-state index in [1.165, 1.54) is 12.4 Å². The van der Waals surface area contributed by atoms with Gasteiger partial charge in [0.25, 0.3) is 5.91 Å². The van der Waals surface area contributed by atoms with Crippen LogP contribution in [0.4, 0.5) is 10.2 Å². The lowest BCUT2D eigenvalue weighted by molar-refractivity contribution is -0.134. The minimum absolute atomic E-state index is 0.126. The second-order valence-electron chi connectivity index (χ2n) is 12.1. The average molecular weight is 610 g/mol. The highest BCUT2D eigenvalue weighted by atomic mass is 19.1. The SMILES string of the molecule is CN1CCN(C(C)(C)/C=C(/C#N)C(=O)N2CC[C@@H]2Cn2nc(-c3ccc(Oc4ccccc4)cc3F)c3c(N)ncnc32)CC1. The van der Waals surface area contributed by atoms with Gasteiger partial charge in [0, 0.05) is 49.9 Å². The van der Waals surface area contributed by atoms with Gasteiger partial charge in [0.05, 0.1) is 18.0 Å². The van der Waals surface area contributed by atoms with Crippen LogP contribution in [0, 0.1) is 17.1 Å². The quantitative estimate of drug-likeness (QED) is 0.232. The number of hydrogen-bond donors (Lipinski definition) is 1. The van der Waals surface area contributed by atoms with Gasteiger partial charge in [0.1, 0.15) is 46.8 Å². The van der Waals surface area contributed by atoms with Gasteiger partial charge in [0.15, 0.2) is 5.65 Å². The average Bonchev–Trinajstić information content (AvgIpc) is 3.38. The van der Waals surface area contributed by atoms with Crippen molar-refractivity contribution in [3.05, 3.63) is 72.3 Å². The van der Waals surface area contributed by atoms with E-state index >= 15 is 4.39 Å². The van der Waals surface area contributed by atoms with Crippen molar-refractivity contribution < 1.29 is 13.9 Å². The van der Waals surface area contributed by atoms with Crippen LogP contribution >= 0.6 is 0 Å². The van der Waals surface area contributed by atoms with Crippen molar-refractivity contribution in [1.82, 2.24) is 34.4 Å². The first-order valence-corrected chi connectivity index (χ1v) is 15.0. The van der Waals surface area contributed by atoms with E-state index in [9.17, 15) is 10.1 Å². The first-order chi connectivity index (χ1) is 21.6. The summed E-state index contributed by atoms with van der Waals surface area (Å²) >= 11 is 0. The number of benzene rings is 2. The molecule has 2 N–H and O–H groups in total. The summed E-state index contributed by atoms with van der Waals surface area (Å²) in [7, 11) is 2.09. The zero-order valence-electron chi connectivity index (χ0n) is 25.7. The van der Waals surface area contributed by atoms with E-state index in [0.717, 1.165) is 32.6 Å². The van der Waals surface area contributed by atoms with Crippen LogP contribution in [-0.4, -0.2) is 91.7 Å². The van der Waals surface area contributed by atoms with Crippen molar-refractivity contribution in [2.75, 3.05) is 45.5 Å². The second-order valence-corrected chi connectivity index (χ2v) is 12.1. The number of carbonyl (C=O) groups is 1. The number of anilines is 1. The van der Waals surface area contributed by atoms with Crippen LogP contribution < -0.4 is 10.5 Å². The standard InChI is InChI=1S/C33H36FN9O2/c1-33(2,41-15-13-40(3)14-16-41)18-22(19-35)32(44)42-12-11-23(42)20-43-31-28(30(36)37-21-38-31)29(39-43)26-10-9-25(17-27(26)34)45-24-7-5-4-6-8-24/h4-10,17-18,21,23H,11-16,20H2,1-3H3,(H2,36,37,38)/b22-18-/t23-/m1/s1. The first kappa shape index (κ1) is 30.2. The number of likely N-dealkylation sites (tertiary alicyclic amines) is 1. The van der Waals surface area contributed by atoms with Crippen molar-refractivity contribution in [1.29, 1.82) is 5.26 Å². The number of fused-ring (bicyclic) bond motifs is 1. The van der Waals surface area contributed by atoms with Gasteiger partial charge in [-0.2, -0.15) is 10.4 Å². The van der Waals surface area contributed by atoms with Crippen molar-refractivity contribution >= 4 is 22.8 Å². The molecular formula is C33H36FN9O2. The van der Waals surface area contributed by atoms with Crippen LogP contribution in [0.3, 0.4) is 0 Å². The molecule has 2 aromatic heterocycles. The predicted octanol–water partition coefficient (Wildman–Crippen LogP) is 4.08. The molecule has 12 heteroatoms. The number of nitrogens with two attached hydrogens (primary N) is 1. The zero-order valence-corrected chi connectivity index (χ0v) is 25.7. The maximum atomic E-state index is 15.5. The Morgan fingerprint density at radius 3 is 2.53 bits per heavy atom. The van der Waals surface area contributed by atoms with Gasteiger partial charge in [-0.05, 0) is 57.7 Å². The van der Waals surface area contributed by atoms with Crippen LogP contribution in [0.1, 0.15) is 20.3 Å². The lowest BCUT2D eigenvalue weighted by Gasteiger charge is -2.43. The molecule has 45 heavy (non-hydrogen) atoms. The lowest BCUT2D eigenvalue weighted by atomic mass is 9.95. The molecule has 0 aliphatic carbocycles. The van der Waals surface area contributed by atoms with E-state index < -0.39 is 11.4 Å². The molecule has 6 rings (SSSR count). The molecule has 0 spiro atoms. The van der Waals surface area contributed by atoms with E-state index in [1.54, 1.807) is 39.9 Å². The molecule has 0 radical (unpaired) electrons. The molecule has 4 aromatic rings. The largest absolute Gasteiger partial charge is 0.457 e. The normalized spacial score (nSPS) is 18.1. The fourth-order valence-corrected chi connectivity index (χ4v) is 5.94. The van der Waals surface area contributed by atoms with E-state index in [1.807, 2.05) is 32.0 Å². The van der Waals surface area contributed by atoms with Gasteiger partial charge in [-0.25, -0.2) is 19.0 Å². The van der Waals surface area contributed by atoms with Gasteiger partial charge in [0.2, 0.25) is 0 Å². The number of para-hydroxylation sites is 1. The number of carbonyl (C=O) groups excluding carboxylic acids is 1. The summed E-state index contributed by atoms with van der Waals surface area (Å²) < 4.78 is 23.0. The molecule has 2 saturated heterocycles. The van der Waals surface area contributed by atoms with Gasteiger partial charge in [-0.1, -0.05) is 18.2 Å². The monoisotopic (exact) mass is 609 g/mol. The van der Waals surface area contributed by atoms with Crippen LogP contribution in [0.15, 0.2) is 66.5 Å². The second kappa shape index (κ2) is 12.3. The minimum Gasteiger partial charge on any atom is -0.457 e. The number of amides is 1. The molecule has 4 heterocycles. The third-order valence-corrected chi connectivity index (χ3v) is 8.69. The Bertz CT molecular complexity index is 1790. The lowest BCUT2D eigenvalue weighted by Crippen LogP contribution is -2.55. The van der Waals surface area contributed by atoms with Gasteiger partial charge in [-0.15, -0.1) is 0 Å². The van der Waals surface area contributed by atoms with E-state index in [0.29, 0.717) is 41.3 Å². The molecule has 1 amide bonds. The Balaban J connectivity index is 1.24. The summed E-state index contributed by atoms with van der Waals surface area (Å²) in [6, 6.07) is 15.6. The maximum Gasteiger partial charge on any atom is 0.264 e. The third-order valence-electron chi connectivity index (χ3n) is 8.69. The number of piperazine rings is 1. The zero-order chi connectivity index (χ0) is 31.7. The van der Waals surface area contributed by atoms with Crippen molar-refractivity contribution in [2.45, 2.75) is 38.4 Å². The Kier molecular flexibility index (Phi) is 8.22. The first-order valence-electron chi connectivity index (χ1n) is 15.0. The van der Waals surface area contributed by atoms with Crippen molar-refractivity contribution in [3.8, 4) is 28.8 Å². The van der Waals surface area contributed by atoms with Crippen LogP contribution in [0.25, 0.3) is 22.3 Å². The molecule has 1 atom stereocenters. The topological polar surface area (TPSA) is 129 Å². The van der Waals surface area contributed by atoms with E-state index in [-0.39, 0.29) is 28.9 Å². The van der Waals surface area contributed by atoms with Crippen molar-refractivity contribution in [3.63, 3.8) is 0 Å². The molecule has 0 unspecified atom stereocenters.